The predicted octanol–water partition coefficient (Wildman–Crippen LogP) is 2.16. The third-order valence-corrected chi connectivity index (χ3v) is 6.04. The average Bonchev–Trinajstić information content (AvgIpc) is 2.47. The molecule has 0 atom stereocenters. The number of hydrogen-bond acceptors (Lipinski definition) is 3. The molecule has 0 unspecified atom stereocenters. The SMILES string of the molecule is CCc1ccc(CO)cc1S(=O)(=O)N1CCC(C)CC1. The van der Waals surface area contributed by atoms with E-state index in [4.69, 9.17) is 0 Å². The summed E-state index contributed by atoms with van der Waals surface area (Å²) < 4.78 is 27.2. The summed E-state index contributed by atoms with van der Waals surface area (Å²) in [6.45, 7) is 5.16. The second kappa shape index (κ2) is 6.24. The molecule has 0 radical (unpaired) electrons. The van der Waals surface area contributed by atoms with Gasteiger partial charge in [0.2, 0.25) is 10.0 Å². The summed E-state index contributed by atoms with van der Waals surface area (Å²) in [5.74, 6) is 0.593. The maximum absolute atomic E-state index is 12.8. The van der Waals surface area contributed by atoms with E-state index in [1.54, 1.807) is 16.4 Å². The van der Waals surface area contributed by atoms with Crippen molar-refractivity contribution in [3.8, 4) is 0 Å². The van der Waals surface area contributed by atoms with Crippen LogP contribution in [-0.2, 0) is 23.1 Å². The topological polar surface area (TPSA) is 57.6 Å². The first kappa shape index (κ1) is 15.5. The third kappa shape index (κ3) is 3.05. The Kier molecular flexibility index (Phi) is 4.83. The van der Waals surface area contributed by atoms with Crippen LogP contribution in [0.3, 0.4) is 0 Å². The molecule has 0 aromatic heterocycles. The van der Waals surface area contributed by atoms with Gasteiger partial charge in [-0.3, -0.25) is 0 Å². The molecule has 4 nitrogen and oxygen atoms in total. The first-order chi connectivity index (χ1) is 9.48. The minimum Gasteiger partial charge on any atom is -0.392 e. The number of aliphatic hydroxyl groups excluding tert-OH is 1. The molecule has 20 heavy (non-hydrogen) atoms. The van der Waals surface area contributed by atoms with Gasteiger partial charge in [-0.25, -0.2) is 8.42 Å². The number of aliphatic hydroxyl groups is 1. The third-order valence-electron chi connectivity index (χ3n) is 4.06. The fourth-order valence-electron chi connectivity index (χ4n) is 2.59. The normalized spacial score (nSPS) is 18.4. The van der Waals surface area contributed by atoms with Gasteiger partial charge in [0.15, 0.2) is 0 Å². The lowest BCUT2D eigenvalue weighted by molar-refractivity contribution is 0.281. The predicted molar refractivity (Wildman–Crippen MR) is 78.9 cm³/mol. The minimum absolute atomic E-state index is 0.135. The van der Waals surface area contributed by atoms with Crippen LogP contribution < -0.4 is 0 Å². The van der Waals surface area contributed by atoms with Crippen molar-refractivity contribution >= 4 is 10.0 Å². The highest BCUT2D eigenvalue weighted by molar-refractivity contribution is 7.89. The highest BCUT2D eigenvalue weighted by atomic mass is 32.2. The van der Waals surface area contributed by atoms with Gasteiger partial charge < -0.3 is 5.11 Å². The van der Waals surface area contributed by atoms with Crippen molar-refractivity contribution in [2.24, 2.45) is 5.92 Å². The lowest BCUT2D eigenvalue weighted by Gasteiger charge is -2.30. The molecule has 2 rings (SSSR count). The van der Waals surface area contributed by atoms with E-state index >= 15 is 0 Å². The monoisotopic (exact) mass is 297 g/mol. The molecule has 112 valence electrons. The highest BCUT2D eigenvalue weighted by Crippen LogP contribution is 2.26. The summed E-state index contributed by atoms with van der Waals surface area (Å²) in [6.07, 6.45) is 2.51. The molecule has 1 aromatic carbocycles. The van der Waals surface area contributed by atoms with Gasteiger partial charge in [-0.2, -0.15) is 4.31 Å². The van der Waals surface area contributed by atoms with E-state index in [-0.39, 0.29) is 6.61 Å². The molecular weight excluding hydrogens is 274 g/mol. The number of aryl methyl sites for hydroxylation is 1. The number of benzene rings is 1. The summed E-state index contributed by atoms with van der Waals surface area (Å²) >= 11 is 0. The fraction of sp³-hybridized carbons (Fsp3) is 0.600. The van der Waals surface area contributed by atoms with Gasteiger partial charge in [0.25, 0.3) is 0 Å². The van der Waals surface area contributed by atoms with Gasteiger partial charge in [0, 0.05) is 13.1 Å². The van der Waals surface area contributed by atoms with E-state index in [0.717, 1.165) is 18.4 Å². The zero-order chi connectivity index (χ0) is 14.8. The Bertz CT molecular complexity index is 560. The zero-order valence-corrected chi connectivity index (χ0v) is 13.0. The van der Waals surface area contributed by atoms with Crippen molar-refractivity contribution < 1.29 is 13.5 Å². The number of nitrogens with zero attached hydrogens (tertiary/aromatic N) is 1. The molecule has 0 aliphatic carbocycles. The van der Waals surface area contributed by atoms with Crippen molar-refractivity contribution in [3.63, 3.8) is 0 Å². The van der Waals surface area contributed by atoms with Gasteiger partial charge in [-0.15, -0.1) is 0 Å². The summed E-state index contributed by atoms with van der Waals surface area (Å²) in [5, 5.41) is 9.23. The van der Waals surface area contributed by atoms with Gasteiger partial charge in [-0.1, -0.05) is 26.0 Å². The van der Waals surface area contributed by atoms with E-state index in [2.05, 4.69) is 6.92 Å². The van der Waals surface area contributed by atoms with Crippen LogP contribution in [0, 0.1) is 5.92 Å². The van der Waals surface area contributed by atoms with E-state index in [0.29, 0.717) is 35.9 Å². The second-order valence-electron chi connectivity index (χ2n) is 5.54. The molecule has 0 bridgehead atoms. The van der Waals surface area contributed by atoms with Gasteiger partial charge in [0.1, 0.15) is 0 Å². The smallest absolute Gasteiger partial charge is 0.243 e. The number of rotatable bonds is 4. The van der Waals surface area contributed by atoms with E-state index < -0.39 is 10.0 Å². The van der Waals surface area contributed by atoms with Gasteiger partial charge >= 0.3 is 0 Å². The van der Waals surface area contributed by atoms with Gasteiger partial charge in [-0.05, 0) is 42.4 Å². The minimum atomic E-state index is -3.44. The molecule has 1 aromatic rings. The lowest BCUT2D eigenvalue weighted by atomic mass is 10.0. The van der Waals surface area contributed by atoms with Crippen LogP contribution >= 0.6 is 0 Å². The molecule has 1 aliphatic rings. The number of piperidine rings is 1. The summed E-state index contributed by atoms with van der Waals surface area (Å²) in [7, 11) is -3.44. The van der Waals surface area contributed by atoms with Crippen molar-refractivity contribution in [1.29, 1.82) is 0 Å². The van der Waals surface area contributed by atoms with Crippen LogP contribution in [0.15, 0.2) is 23.1 Å². The highest BCUT2D eigenvalue weighted by Gasteiger charge is 2.29. The van der Waals surface area contributed by atoms with Crippen LogP contribution in [0.25, 0.3) is 0 Å². The van der Waals surface area contributed by atoms with Crippen molar-refractivity contribution in [2.45, 2.75) is 44.6 Å². The van der Waals surface area contributed by atoms with Crippen LogP contribution in [0.1, 0.15) is 37.8 Å². The molecule has 1 saturated heterocycles. The Hall–Kier alpha value is -0.910. The molecule has 5 heteroatoms. The maximum atomic E-state index is 12.8. The van der Waals surface area contributed by atoms with Crippen molar-refractivity contribution in [3.05, 3.63) is 29.3 Å². The molecule has 1 heterocycles. The first-order valence-electron chi connectivity index (χ1n) is 7.21. The van der Waals surface area contributed by atoms with Crippen LogP contribution in [0.4, 0.5) is 0 Å². The lowest BCUT2D eigenvalue weighted by Crippen LogP contribution is -2.38. The Labute approximate surface area is 121 Å². The van der Waals surface area contributed by atoms with E-state index in [1.165, 1.54) is 0 Å². The second-order valence-corrected chi connectivity index (χ2v) is 7.45. The Morgan fingerprint density at radius 2 is 1.95 bits per heavy atom. The van der Waals surface area contributed by atoms with Crippen LogP contribution in [0.5, 0.6) is 0 Å². The quantitative estimate of drug-likeness (QED) is 0.926. The summed E-state index contributed by atoms with van der Waals surface area (Å²) in [6, 6.07) is 5.22. The Balaban J connectivity index is 2.37. The molecule has 0 saturated carbocycles. The molecule has 1 aliphatic heterocycles. The number of hydrogen-bond donors (Lipinski definition) is 1. The van der Waals surface area contributed by atoms with E-state index in [1.807, 2.05) is 13.0 Å². The van der Waals surface area contributed by atoms with Crippen molar-refractivity contribution in [1.82, 2.24) is 4.31 Å². The summed E-state index contributed by atoms with van der Waals surface area (Å²) in [5.41, 5.74) is 1.46. The molecule has 1 fully saturated rings. The fourth-order valence-corrected chi connectivity index (χ4v) is 4.41. The zero-order valence-electron chi connectivity index (χ0n) is 12.2. The Morgan fingerprint density at radius 3 is 2.50 bits per heavy atom. The van der Waals surface area contributed by atoms with Crippen LogP contribution in [-0.4, -0.2) is 30.9 Å². The number of sulfonamides is 1. The summed E-state index contributed by atoms with van der Waals surface area (Å²) in [4.78, 5) is 0.362. The average molecular weight is 297 g/mol. The van der Waals surface area contributed by atoms with E-state index in [9.17, 15) is 13.5 Å². The van der Waals surface area contributed by atoms with Crippen LogP contribution in [0.2, 0.25) is 0 Å². The Morgan fingerprint density at radius 1 is 1.30 bits per heavy atom. The molecule has 0 amide bonds. The molecular formula is C15H23NO3S. The molecule has 1 N–H and O–H groups in total. The van der Waals surface area contributed by atoms with Crippen molar-refractivity contribution in [2.75, 3.05) is 13.1 Å². The largest absolute Gasteiger partial charge is 0.392 e. The maximum Gasteiger partial charge on any atom is 0.243 e. The van der Waals surface area contributed by atoms with Gasteiger partial charge in [0.05, 0.1) is 11.5 Å². The molecule has 0 spiro atoms. The first-order valence-corrected chi connectivity index (χ1v) is 8.65. The standard InChI is InChI=1S/C15H23NO3S/c1-3-14-5-4-13(11-17)10-15(14)20(18,19)16-8-6-12(2)7-9-16/h4-5,10,12,17H,3,6-9,11H2,1-2H3.